The molecule has 0 spiro atoms. The predicted molar refractivity (Wildman–Crippen MR) is 92.2 cm³/mol. The molecule has 0 saturated carbocycles. The summed E-state index contributed by atoms with van der Waals surface area (Å²) in [6, 6.07) is 9.01. The number of nitrogens with zero attached hydrogens (tertiary/aromatic N) is 1. The van der Waals surface area contributed by atoms with Crippen molar-refractivity contribution < 1.29 is 18.3 Å². The minimum absolute atomic E-state index is 0.159. The Morgan fingerprint density at radius 2 is 2.04 bits per heavy atom. The summed E-state index contributed by atoms with van der Waals surface area (Å²) in [4.78, 5) is 14.2. The van der Waals surface area contributed by atoms with E-state index in [4.69, 9.17) is 4.74 Å². The lowest BCUT2D eigenvalue weighted by molar-refractivity contribution is -0.128. The molecule has 3 nitrogen and oxygen atoms in total. The van der Waals surface area contributed by atoms with E-state index < -0.39 is 5.82 Å². The zero-order valence-corrected chi connectivity index (χ0v) is 14.1. The first-order chi connectivity index (χ1) is 12.0. The SMILES string of the molecule is COc1ccc(/C=C/C(=O)N2CCc3ccc(F)cc3C2C)cc1F. The topological polar surface area (TPSA) is 29.5 Å². The van der Waals surface area contributed by atoms with Crippen molar-refractivity contribution in [3.05, 3.63) is 70.8 Å². The monoisotopic (exact) mass is 343 g/mol. The lowest BCUT2D eigenvalue weighted by atomic mass is 9.93. The Labute approximate surface area is 145 Å². The summed E-state index contributed by atoms with van der Waals surface area (Å²) in [5.41, 5.74) is 2.48. The summed E-state index contributed by atoms with van der Waals surface area (Å²) in [6.45, 7) is 2.45. The maximum Gasteiger partial charge on any atom is 0.247 e. The average molecular weight is 343 g/mol. The summed E-state index contributed by atoms with van der Waals surface area (Å²) < 4.78 is 32.1. The van der Waals surface area contributed by atoms with Crippen LogP contribution in [-0.4, -0.2) is 24.5 Å². The van der Waals surface area contributed by atoms with Gasteiger partial charge in [0.15, 0.2) is 11.6 Å². The van der Waals surface area contributed by atoms with Crippen molar-refractivity contribution in [2.75, 3.05) is 13.7 Å². The van der Waals surface area contributed by atoms with Crippen LogP contribution in [0.3, 0.4) is 0 Å². The molecule has 130 valence electrons. The summed E-state index contributed by atoms with van der Waals surface area (Å²) in [5, 5.41) is 0. The Morgan fingerprint density at radius 1 is 1.24 bits per heavy atom. The molecule has 1 aliphatic rings. The summed E-state index contributed by atoms with van der Waals surface area (Å²) in [5.74, 6) is -0.803. The maximum absolute atomic E-state index is 13.7. The number of halogens is 2. The quantitative estimate of drug-likeness (QED) is 0.784. The van der Waals surface area contributed by atoms with Crippen LogP contribution in [0.2, 0.25) is 0 Å². The zero-order valence-electron chi connectivity index (χ0n) is 14.1. The highest BCUT2D eigenvalue weighted by Gasteiger charge is 2.26. The third kappa shape index (κ3) is 3.55. The van der Waals surface area contributed by atoms with Gasteiger partial charge >= 0.3 is 0 Å². The normalized spacial score (nSPS) is 16.8. The summed E-state index contributed by atoms with van der Waals surface area (Å²) >= 11 is 0. The van der Waals surface area contributed by atoms with Gasteiger partial charge < -0.3 is 9.64 Å². The molecule has 2 aromatic carbocycles. The molecule has 0 radical (unpaired) electrons. The number of rotatable bonds is 3. The van der Waals surface area contributed by atoms with E-state index >= 15 is 0 Å². The van der Waals surface area contributed by atoms with Crippen molar-refractivity contribution in [2.24, 2.45) is 0 Å². The lowest BCUT2D eigenvalue weighted by Crippen LogP contribution is -2.37. The third-order valence-electron chi connectivity index (χ3n) is 4.52. The van der Waals surface area contributed by atoms with E-state index in [1.807, 2.05) is 6.92 Å². The number of carbonyl (C=O) groups excluding carboxylic acids is 1. The number of hydrogen-bond donors (Lipinski definition) is 0. The minimum atomic E-state index is -0.479. The van der Waals surface area contributed by atoms with Gasteiger partial charge in [0, 0.05) is 12.6 Å². The van der Waals surface area contributed by atoms with Crippen molar-refractivity contribution in [2.45, 2.75) is 19.4 Å². The van der Waals surface area contributed by atoms with Gasteiger partial charge in [-0.05, 0) is 60.4 Å². The van der Waals surface area contributed by atoms with Gasteiger partial charge in [-0.2, -0.15) is 0 Å². The van der Waals surface area contributed by atoms with Crippen LogP contribution >= 0.6 is 0 Å². The molecular formula is C20H19F2NO2. The van der Waals surface area contributed by atoms with E-state index in [1.54, 1.807) is 23.1 Å². The fourth-order valence-electron chi connectivity index (χ4n) is 3.14. The molecule has 0 bridgehead atoms. The molecule has 0 aromatic heterocycles. The molecule has 3 rings (SSSR count). The predicted octanol–water partition coefficient (Wildman–Crippen LogP) is 4.13. The number of carbonyl (C=O) groups is 1. The standard InChI is InChI=1S/C20H19F2NO2/c1-13-17-12-16(21)6-5-15(17)9-10-23(13)20(24)8-4-14-3-7-19(25-2)18(22)11-14/h3-8,11-13H,9-10H2,1-2H3/b8-4+. The minimum Gasteiger partial charge on any atom is -0.494 e. The summed E-state index contributed by atoms with van der Waals surface area (Å²) in [7, 11) is 1.40. The molecule has 0 aliphatic carbocycles. The van der Waals surface area contributed by atoms with E-state index in [-0.39, 0.29) is 23.5 Å². The molecule has 1 amide bonds. The van der Waals surface area contributed by atoms with Crippen molar-refractivity contribution in [3.63, 3.8) is 0 Å². The van der Waals surface area contributed by atoms with E-state index in [0.717, 1.165) is 11.1 Å². The Kier molecular flexibility index (Phi) is 4.83. The smallest absolute Gasteiger partial charge is 0.247 e. The van der Waals surface area contributed by atoms with Crippen LogP contribution in [0.4, 0.5) is 8.78 Å². The second-order valence-electron chi connectivity index (χ2n) is 6.03. The van der Waals surface area contributed by atoms with Gasteiger partial charge in [0.1, 0.15) is 5.82 Å². The molecule has 0 N–H and O–H groups in total. The number of amides is 1. The van der Waals surface area contributed by atoms with Crippen molar-refractivity contribution in [1.29, 1.82) is 0 Å². The Balaban J connectivity index is 1.76. The molecule has 1 aliphatic heterocycles. The zero-order chi connectivity index (χ0) is 18.0. The average Bonchev–Trinajstić information content (AvgIpc) is 2.60. The van der Waals surface area contributed by atoms with Crippen LogP contribution in [0, 0.1) is 11.6 Å². The number of fused-ring (bicyclic) bond motifs is 1. The molecule has 1 heterocycles. The second-order valence-corrected chi connectivity index (χ2v) is 6.03. The first-order valence-corrected chi connectivity index (χ1v) is 8.10. The Hall–Kier alpha value is -2.69. The Bertz CT molecular complexity index is 832. The molecule has 1 atom stereocenters. The van der Waals surface area contributed by atoms with Crippen LogP contribution in [-0.2, 0) is 11.2 Å². The fraction of sp³-hybridized carbons (Fsp3) is 0.250. The fourth-order valence-corrected chi connectivity index (χ4v) is 3.14. The van der Waals surface area contributed by atoms with Gasteiger partial charge in [0.05, 0.1) is 13.2 Å². The Morgan fingerprint density at radius 3 is 2.76 bits per heavy atom. The second kappa shape index (κ2) is 7.05. The first kappa shape index (κ1) is 17.1. The van der Waals surface area contributed by atoms with Crippen LogP contribution in [0.15, 0.2) is 42.5 Å². The van der Waals surface area contributed by atoms with E-state index in [9.17, 15) is 13.6 Å². The lowest BCUT2D eigenvalue weighted by Gasteiger charge is -2.34. The molecule has 0 saturated heterocycles. The molecule has 0 fully saturated rings. The van der Waals surface area contributed by atoms with Crippen LogP contribution in [0.25, 0.3) is 6.08 Å². The first-order valence-electron chi connectivity index (χ1n) is 8.10. The van der Waals surface area contributed by atoms with Crippen molar-refractivity contribution >= 4 is 12.0 Å². The number of benzene rings is 2. The molecular weight excluding hydrogens is 324 g/mol. The number of ether oxygens (including phenoxy) is 1. The highest BCUT2D eigenvalue weighted by Crippen LogP contribution is 2.30. The molecule has 25 heavy (non-hydrogen) atoms. The van der Waals surface area contributed by atoms with E-state index in [1.165, 1.54) is 37.5 Å². The van der Waals surface area contributed by atoms with Crippen LogP contribution in [0.1, 0.15) is 29.7 Å². The van der Waals surface area contributed by atoms with Gasteiger partial charge in [0.25, 0.3) is 0 Å². The summed E-state index contributed by atoms with van der Waals surface area (Å²) in [6.07, 6.45) is 3.68. The highest BCUT2D eigenvalue weighted by molar-refractivity contribution is 5.92. The number of methoxy groups -OCH3 is 1. The number of hydrogen-bond acceptors (Lipinski definition) is 2. The largest absolute Gasteiger partial charge is 0.494 e. The maximum atomic E-state index is 13.7. The van der Waals surface area contributed by atoms with Gasteiger partial charge in [-0.15, -0.1) is 0 Å². The third-order valence-corrected chi connectivity index (χ3v) is 4.52. The van der Waals surface area contributed by atoms with Crippen LogP contribution < -0.4 is 4.74 Å². The molecule has 2 aromatic rings. The molecule has 5 heteroatoms. The van der Waals surface area contributed by atoms with Gasteiger partial charge in [0.2, 0.25) is 5.91 Å². The highest BCUT2D eigenvalue weighted by atomic mass is 19.1. The van der Waals surface area contributed by atoms with E-state index in [2.05, 4.69) is 0 Å². The van der Waals surface area contributed by atoms with Gasteiger partial charge in [-0.25, -0.2) is 8.78 Å². The van der Waals surface area contributed by atoms with Crippen molar-refractivity contribution in [1.82, 2.24) is 4.90 Å². The van der Waals surface area contributed by atoms with E-state index in [0.29, 0.717) is 18.5 Å². The van der Waals surface area contributed by atoms with Crippen LogP contribution in [0.5, 0.6) is 5.75 Å². The van der Waals surface area contributed by atoms with Crippen molar-refractivity contribution in [3.8, 4) is 5.75 Å². The van der Waals surface area contributed by atoms with Gasteiger partial charge in [-0.1, -0.05) is 12.1 Å². The molecule has 1 unspecified atom stereocenters. The van der Waals surface area contributed by atoms with Gasteiger partial charge in [-0.3, -0.25) is 4.79 Å².